The summed E-state index contributed by atoms with van der Waals surface area (Å²) in [7, 11) is 1.57. The van der Waals surface area contributed by atoms with Gasteiger partial charge in [0.1, 0.15) is 12.4 Å². The van der Waals surface area contributed by atoms with Crippen LogP contribution in [0, 0.1) is 0 Å². The molecule has 2 heterocycles. The maximum atomic E-state index is 11.9. The number of nitrogens with one attached hydrogen (secondary N) is 1. The van der Waals surface area contributed by atoms with Crippen LogP contribution in [-0.4, -0.2) is 35.7 Å². The van der Waals surface area contributed by atoms with E-state index in [1.165, 1.54) is 11.5 Å². The first kappa shape index (κ1) is 16.3. The zero-order valence-electron chi connectivity index (χ0n) is 14.0. The molecular formula is C18H16N4O3S. The Bertz CT molecular complexity index is 929. The molecule has 1 fully saturated rings. The maximum absolute atomic E-state index is 11.9. The summed E-state index contributed by atoms with van der Waals surface area (Å²) >= 11 is 1.28. The van der Waals surface area contributed by atoms with Crippen LogP contribution >= 0.6 is 11.5 Å². The molecule has 1 aromatic heterocycles. The van der Waals surface area contributed by atoms with E-state index in [1.54, 1.807) is 12.0 Å². The van der Waals surface area contributed by atoms with Crippen molar-refractivity contribution in [3.8, 4) is 17.1 Å². The second kappa shape index (κ2) is 7.01. The van der Waals surface area contributed by atoms with Crippen LogP contribution in [0.1, 0.15) is 0 Å². The van der Waals surface area contributed by atoms with E-state index in [2.05, 4.69) is 14.7 Å². The van der Waals surface area contributed by atoms with Gasteiger partial charge in [-0.2, -0.15) is 9.36 Å². The van der Waals surface area contributed by atoms with Gasteiger partial charge >= 0.3 is 6.09 Å². The molecule has 0 spiro atoms. The van der Waals surface area contributed by atoms with Crippen molar-refractivity contribution in [1.29, 1.82) is 0 Å². The first-order valence-electron chi connectivity index (χ1n) is 8.03. The molecule has 3 aromatic rings. The van der Waals surface area contributed by atoms with Gasteiger partial charge in [-0.15, -0.1) is 0 Å². The van der Waals surface area contributed by atoms with Gasteiger partial charge in [-0.05, 0) is 18.2 Å². The van der Waals surface area contributed by atoms with E-state index in [-0.39, 0.29) is 6.09 Å². The minimum absolute atomic E-state index is 0.372. The predicted octanol–water partition coefficient (Wildman–Crippen LogP) is 3.91. The minimum Gasteiger partial charge on any atom is -0.495 e. The zero-order chi connectivity index (χ0) is 17.9. The van der Waals surface area contributed by atoms with Crippen molar-refractivity contribution < 1.29 is 14.3 Å². The van der Waals surface area contributed by atoms with E-state index in [1.807, 2.05) is 48.5 Å². The summed E-state index contributed by atoms with van der Waals surface area (Å²) in [6.45, 7) is 0.867. The van der Waals surface area contributed by atoms with Gasteiger partial charge in [-0.1, -0.05) is 30.3 Å². The van der Waals surface area contributed by atoms with Crippen molar-refractivity contribution in [3.63, 3.8) is 0 Å². The molecule has 1 amide bonds. The summed E-state index contributed by atoms with van der Waals surface area (Å²) in [6, 6.07) is 15.3. The largest absolute Gasteiger partial charge is 0.495 e. The van der Waals surface area contributed by atoms with Crippen molar-refractivity contribution >= 4 is 34.1 Å². The monoisotopic (exact) mass is 368 g/mol. The fraction of sp³-hybridized carbons (Fsp3) is 0.167. The number of carbonyl (C=O) groups excluding carboxylic acids is 1. The highest BCUT2D eigenvalue weighted by molar-refractivity contribution is 7.09. The lowest BCUT2D eigenvalue weighted by molar-refractivity contribution is 0.181. The Labute approximate surface area is 154 Å². The van der Waals surface area contributed by atoms with E-state index in [0.29, 0.717) is 35.5 Å². The maximum Gasteiger partial charge on any atom is 0.414 e. The van der Waals surface area contributed by atoms with E-state index < -0.39 is 0 Å². The molecule has 0 atom stereocenters. The first-order valence-corrected chi connectivity index (χ1v) is 8.80. The Morgan fingerprint density at radius 2 is 2.08 bits per heavy atom. The van der Waals surface area contributed by atoms with Crippen LogP contribution in [0.15, 0.2) is 48.5 Å². The molecule has 4 rings (SSSR count). The van der Waals surface area contributed by atoms with Gasteiger partial charge in [-0.25, -0.2) is 4.79 Å². The number of rotatable bonds is 5. The van der Waals surface area contributed by atoms with E-state index in [9.17, 15) is 4.79 Å². The topological polar surface area (TPSA) is 76.6 Å². The Hall–Kier alpha value is -3.13. The third-order valence-electron chi connectivity index (χ3n) is 3.94. The van der Waals surface area contributed by atoms with Gasteiger partial charge < -0.3 is 14.8 Å². The lowest BCUT2D eigenvalue weighted by Gasteiger charge is -2.17. The molecule has 7 nitrogen and oxygen atoms in total. The highest BCUT2D eigenvalue weighted by Crippen LogP contribution is 2.34. The molecule has 1 N–H and O–H groups in total. The average molecular weight is 368 g/mol. The van der Waals surface area contributed by atoms with Crippen LogP contribution in [0.5, 0.6) is 5.75 Å². The number of aromatic nitrogens is 2. The standard InChI is InChI=1S/C18H16N4O3S/c1-24-15-8-7-13(11-14(15)22-9-10-25-18(22)23)19-17-20-16(21-26-17)12-5-3-2-4-6-12/h2-8,11H,9-10H2,1H3,(H,19,20,21). The number of cyclic esters (lactones) is 1. The lowest BCUT2D eigenvalue weighted by atomic mass is 10.2. The number of carbonyl (C=O) groups is 1. The van der Waals surface area contributed by atoms with E-state index >= 15 is 0 Å². The summed E-state index contributed by atoms with van der Waals surface area (Å²) in [5, 5.41) is 3.90. The summed E-state index contributed by atoms with van der Waals surface area (Å²) < 4.78 is 14.8. The van der Waals surface area contributed by atoms with Gasteiger partial charge in [0.25, 0.3) is 0 Å². The molecule has 0 bridgehead atoms. The lowest BCUT2D eigenvalue weighted by Crippen LogP contribution is -2.23. The number of anilines is 3. The normalized spacial score (nSPS) is 13.6. The quantitative estimate of drug-likeness (QED) is 0.736. The van der Waals surface area contributed by atoms with Crippen molar-refractivity contribution in [2.24, 2.45) is 0 Å². The number of nitrogens with zero attached hydrogens (tertiary/aromatic N) is 3. The minimum atomic E-state index is -0.372. The Morgan fingerprint density at radius 1 is 1.23 bits per heavy atom. The number of amides is 1. The van der Waals surface area contributed by atoms with E-state index in [0.717, 1.165) is 11.3 Å². The average Bonchev–Trinajstić information content (AvgIpc) is 3.31. The van der Waals surface area contributed by atoms with Crippen molar-refractivity contribution in [2.75, 3.05) is 30.5 Å². The number of ether oxygens (including phenoxy) is 2. The van der Waals surface area contributed by atoms with Crippen LogP contribution in [0.4, 0.5) is 21.3 Å². The van der Waals surface area contributed by atoms with Gasteiger partial charge in [0, 0.05) is 22.8 Å². The number of methoxy groups -OCH3 is 1. The summed E-state index contributed by atoms with van der Waals surface area (Å²) in [6.07, 6.45) is -0.372. The molecule has 26 heavy (non-hydrogen) atoms. The van der Waals surface area contributed by atoms with Gasteiger partial charge in [0.2, 0.25) is 5.13 Å². The van der Waals surface area contributed by atoms with Crippen LogP contribution in [0.2, 0.25) is 0 Å². The number of benzene rings is 2. The SMILES string of the molecule is COc1ccc(Nc2nc(-c3ccccc3)ns2)cc1N1CCOC1=O. The highest BCUT2D eigenvalue weighted by Gasteiger charge is 2.26. The number of hydrogen-bond donors (Lipinski definition) is 1. The summed E-state index contributed by atoms with van der Waals surface area (Å²) in [5.74, 6) is 1.28. The molecule has 0 saturated carbocycles. The molecule has 1 aliphatic heterocycles. The predicted molar refractivity (Wildman–Crippen MR) is 100 cm³/mol. The molecule has 132 valence electrons. The van der Waals surface area contributed by atoms with Crippen LogP contribution < -0.4 is 15.0 Å². The molecule has 0 unspecified atom stereocenters. The third-order valence-corrected chi connectivity index (χ3v) is 4.57. The fourth-order valence-corrected chi connectivity index (χ4v) is 3.30. The fourth-order valence-electron chi connectivity index (χ4n) is 2.69. The van der Waals surface area contributed by atoms with Crippen LogP contribution in [0.25, 0.3) is 11.4 Å². The Kier molecular flexibility index (Phi) is 4.40. The molecule has 1 aliphatic rings. The smallest absolute Gasteiger partial charge is 0.414 e. The third kappa shape index (κ3) is 3.18. The molecule has 1 saturated heterocycles. The summed E-state index contributed by atoms with van der Waals surface area (Å²) in [4.78, 5) is 18.0. The van der Waals surface area contributed by atoms with E-state index in [4.69, 9.17) is 9.47 Å². The Balaban J connectivity index is 1.59. The number of hydrogen-bond acceptors (Lipinski definition) is 7. The van der Waals surface area contributed by atoms with Gasteiger partial charge in [-0.3, -0.25) is 4.90 Å². The summed E-state index contributed by atoms with van der Waals surface area (Å²) in [5.41, 5.74) is 2.41. The highest BCUT2D eigenvalue weighted by atomic mass is 32.1. The second-order valence-electron chi connectivity index (χ2n) is 5.57. The van der Waals surface area contributed by atoms with Crippen molar-refractivity contribution in [2.45, 2.75) is 0 Å². The molecule has 0 radical (unpaired) electrons. The zero-order valence-corrected chi connectivity index (χ0v) is 14.8. The molecule has 0 aliphatic carbocycles. The van der Waals surface area contributed by atoms with Crippen LogP contribution in [-0.2, 0) is 4.74 Å². The first-order chi connectivity index (χ1) is 12.7. The second-order valence-corrected chi connectivity index (χ2v) is 6.32. The van der Waals surface area contributed by atoms with Gasteiger partial charge in [0.15, 0.2) is 5.82 Å². The van der Waals surface area contributed by atoms with Gasteiger partial charge in [0.05, 0.1) is 19.3 Å². The van der Waals surface area contributed by atoms with Crippen LogP contribution in [0.3, 0.4) is 0 Å². The van der Waals surface area contributed by atoms with Crippen molar-refractivity contribution in [3.05, 3.63) is 48.5 Å². The molecule has 8 heteroatoms. The molecule has 2 aromatic carbocycles. The van der Waals surface area contributed by atoms with Crippen molar-refractivity contribution in [1.82, 2.24) is 9.36 Å². The Morgan fingerprint density at radius 3 is 2.81 bits per heavy atom. The molecular weight excluding hydrogens is 352 g/mol.